The molecule has 0 aromatic heterocycles. The summed E-state index contributed by atoms with van der Waals surface area (Å²) in [5.74, 6) is 0.344. The van der Waals surface area contributed by atoms with Crippen LogP contribution in [0, 0.1) is 16.0 Å². The number of hydrogen-bond acceptors (Lipinski definition) is 5. The minimum Gasteiger partial charge on any atom is -0.383 e. The van der Waals surface area contributed by atoms with E-state index in [1.165, 1.54) is 25.2 Å². The number of hydrogen-bond donors (Lipinski definition) is 2. The number of nitro benzene ring substituents is 1. The van der Waals surface area contributed by atoms with Crippen molar-refractivity contribution in [3.63, 3.8) is 0 Å². The minimum absolute atomic E-state index is 0.0292. The van der Waals surface area contributed by atoms with Crippen molar-refractivity contribution in [1.82, 2.24) is 4.72 Å². The second kappa shape index (κ2) is 4.78. The van der Waals surface area contributed by atoms with Crippen LogP contribution in [-0.4, -0.2) is 26.4 Å². The fraction of sp³-hybridized carbons (Fsp3) is 0.455. The van der Waals surface area contributed by atoms with Crippen LogP contribution in [0.1, 0.15) is 13.3 Å². The van der Waals surface area contributed by atoms with Gasteiger partial charge in [0.1, 0.15) is 5.69 Å². The first-order valence-electron chi connectivity index (χ1n) is 5.83. The molecule has 0 spiro atoms. The zero-order valence-corrected chi connectivity index (χ0v) is 11.4. The summed E-state index contributed by atoms with van der Waals surface area (Å²) in [5.41, 5.74) is 0.0259. The molecule has 104 valence electrons. The summed E-state index contributed by atoms with van der Waals surface area (Å²) in [6, 6.07) is 3.68. The number of anilines is 1. The van der Waals surface area contributed by atoms with Gasteiger partial charge in [-0.1, -0.05) is 6.92 Å². The molecule has 1 aliphatic carbocycles. The van der Waals surface area contributed by atoms with Crippen molar-refractivity contribution < 1.29 is 13.3 Å². The molecule has 0 aliphatic heterocycles. The highest BCUT2D eigenvalue weighted by atomic mass is 32.2. The molecule has 1 saturated carbocycles. The van der Waals surface area contributed by atoms with Crippen molar-refractivity contribution in [3.8, 4) is 0 Å². The van der Waals surface area contributed by atoms with Gasteiger partial charge in [0.2, 0.25) is 10.0 Å². The Kier molecular flexibility index (Phi) is 3.46. The highest BCUT2D eigenvalue weighted by molar-refractivity contribution is 7.89. The molecule has 0 heterocycles. The largest absolute Gasteiger partial charge is 0.383 e. The fourth-order valence-electron chi connectivity index (χ4n) is 1.80. The van der Waals surface area contributed by atoms with E-state index in [0.717, 1.165) is 6.42 Å². The average molecular weight is 285 g/mol. The molecule has 2 atom stereocenters. The van der Waals surface area contributed by atoms with E-state index in [1.807, 2.05) is 6.92 Å². The van der Waals surface area contributed by atoms with Gasteiger partial charge in [0.25, 0.3) is 5.69 Å². The monoisotopic (exact) mass is 285 g/mol. The zero-order chi connectivity index (χ0) is 14.2. The molecule has 0 saturated heterocycles. The molecule has 2 N–H and O–H groups in total. The van der Waals surface area contributed by atoms with Crippen molar-refractivity contribution in [3.05, 3.63) is 28.3 Å². The lowest BCUT2D eigenvalue weighted by atomic mass is 10.3. The van der Waals surface area contributed by atoms with Crippen molar-refractivity contribution in [2.24, 2.45) is 5.92 Å². The van der Waals surface area contributed by atoms with Crippen LogP contribution in [0.25, 0.3) is 0 Å². The molecular formula is C11H15N3O4S. The van der Waals surface area contributed by atoms with E-state index in [9.17, 15) is 18.5 Å². The lowest BCUT2D eigenvalue weighted by Gasteiger charge is -2.08. The third-order valence-corrected chi connectivity index (χ3v) is 4.65. The van der Waals surface area contributed by atoms with Crippen molar-refractivity contribution in [2.75, 3.05) is 12.4 Å². The first-order chi connectivity index (χ1) is 8.85. The Morgan fingerprint density at radius 1 is 1.42 bits per heavy atom. The summed E-state index contributed by atoms with van der Waals surface area (Å²) < 4.78 is 26.7. The predicted octanol–water partition coefficient (Wildman–Crippen LogP) is 1.32. The SMILES string of the molecule is CNc1cc(S(=O)(=O)NC2CC2C)ccc1[N+](=O)[O-]. The van der Waals surface area contributed by atoms with E-state index in [2.05, 4.69) is 10.0 Å². The Morgan fingerprint density at radius 3 is 2.53 bits per heavy atom. The molecular weight excluding hydrogens is 270 g/mol. The van der Waals surface area contributed by atoms with Gasteiger partial charge in [-0.3, -0.25) is 10.1 Å². The smallest absolute Gasteiger partial charge is 0.292 e. The van der Waals surface area contributed by atoms with Crippen molar-refractivity contribution in [1.29, 1.82) is 0 Å². The van der Waals surface area contributed by atoms with Gasteiger partial charge >= 0.3 is 0 Å². The van der Waals surface area contributed by atoms with Crippen LogP contribution in [0.2, 0.25) is 0 Å². The second-order valence-electron chi connectivity index (χ2n) is 4.63. The maximum Gasteiger partial charge on any atom is 0.292 e. The van der Waals surface area contributed by atoms with Crippen LogP contribution in [-0.2, 0) is 10.0 Å². The maximum absolute atomic E-state index is 12.1. The van der Waals surface area contributed by atoms with Gasteiger partial charge in [0, 0.05) is 19.2 Å². The third-order valence-electron chi connectivity index (χ3n) is 3.16. The van der Waals surface area contributed by atoms with Crippen LogP contribution in [0.3, 0.4) is 0 Å². The van der Waals surface area contributed by atoms with Crippen molar-refractivity contribution >= 4 is 21.4 Å². The first-order valence-corrected chi connectivity index (χ1v) is 7.32. The Labute approximate surface area is 111 Å². The summed E-state index contributed by atoms with van der Waals surface area (Å²) >= 11 is 0. The van der Waals surface area contributed by atoms with Crippen LogP contribution in [0.5, 0.6) is 0 Å². The van der Waals surface area contributed by atoms with Gasteiger partial charge in [-0.2, -0.15) is 0 Å². The molecule has 0 amide bonds. The molecule has 1 aromatic carbocycles. The van der Waals surface area contributed by atoms with E-state index in [0.29, 0.717) is 5.92 Å². The quantitative estimate of drug-likeness (QED) is 0.627. The molecule has 7 nitrogen and oxygen atoms in total. The summed E-state index contributed by atoms with van der Waals surface area (Å²) in [4.78, 5) is 10.2. The van der Waals surface area contributed by atoms with E-state index in [-0.39, 0.29) is 22.3 Å². The number of sulfonamides is 1. The molecule has 1 aromatic rings. The van der Waals surface area contributed by atoms with Gasteiger partial charge in [-0.05, 0) is 24.5 Å². The fourth-order valence-corrected chi connectivity index (χ4v) is 3.18. The lowest BCUT2D eigenvalue weighted by Crippen LogP contribution is -2.26. The normalized spacial score (nSPS) is 22.0. The van der Waals surface area contributed by atoms with Gasteiger partial charge in [-0.25, -0.2) is 13.1 Å². The molecule has 1 fully saturated rings. The van der Waals surface area contributed by atoms with Crippen LogP contribution >= 0.6 is 0 Å². The lowest BCUT2D eigenvalue weighted by molar-refractivity contribution is -0.384. The predicted molar refractivity (Wildman–Crippen MR) is 70.5 cm³/mol. The standard InChI is InChI=1S/C11H15N3O4S/c1-7-5-9(7)13-19(17,18)8-3-4-11(14(15)16)10(6-8)12-2/h3-4,6-7,9,12-13H,5H2,1-2H3. The van der Waals surface area contributed by atoms with Gasteiger partial charge in [0.05, 0.1) is 9.82 Å². The molecule has 2 rings (SSSR count). The summed E-state index contributed by atoms with van der Waals surface area (Å²) in [6.45, 7) is 1.96. The molecule has 19 heavy (non-hydrogen) atoms. The zero-order valence-electron chi connectivity index (χ0n) is 10.6. The van der Waals surface area contributed by atoms with E-state index in [1.54, 1.807) is 0 Å². The molecule has 0 bridgehead atoms. The number of benzene rings is 1. The van der Waals surface area contributed by atoms with E-state index >= 15 is 0 Å². The minimum atomic E-state index is -3.62. The van der Waals surface area contributed by atoms with Crippen LogP contribution < -0.4 is 10.0 Å². The summed E-state index contributed by atoms with van der Waals surface area (Å²) in [6.07, 6.45) is 0.825. The Morgan fingerprint density at radius 2 is 2.05 bits per heavy atom. The highest BCUT2D eigenvalue weighted by Crippen LogP contribution is 2.32. The number of nitrogens with zero attached hydrogens (tertiary/aromatic N) is 1. The second-order valence-corrected chi connectivity index (χ2v) is 6.34. The third kappa shape index (κ3) is 2.85. The molecule has 2 unspecified atom stereocenters. The first kappa shape index (κ1) is 13.8. The Hall–Kier alpha value is -1.67. The van der Waals surface area contributed by atoms with Gasteiger partial charge in [-0.15, -0.1) is 0 Å². The number of rotatable bonds is 5. The van der Waals surface area contributed by atoms with E-state index < -0.39 is 14.9 Å². The summed E-state index contributed by atoms with van der Waals surface area (Å²) in [7, 11) is -2.11. The van der Waals surface area contributed by atoms with Crippen molar-refractivity contribution in [2.45, 2.75) is 24.3 Å². The van der Waals surface area contributed by atoms with Crippen LogP contribution in [0.15, 0.2) is 23.1 Å². The molecule has 8 heteroatoms. The van der Waals surface area contributed by atoms with Gasteiger partial charge in [0.15, 0.2) is 0 Å². The average Bonchev–Trinajstić information content (AvgIpc) is 3.02. The molecule has 0 radical (unpaired) electrons. The Bertz CT molecular complexity index is 614. The highest BCUT2D eigenvalue weighted by Gasteiger charge is 2.36. The Balaban J connectivity index is 2.32. The topological polar surface area (TPSA) is 101 Å². The molecule has 1 aliphatic rings. The van der Waals surface area contributed by atoms with E-state index in [4.69, 9.17) is 0 Å². The number of nitrogens with one attached hydrogen (secondary N) is 2. The maximum atomic E-state index is 12.1. The van der Waals surface area contributed by atoms with Gasteiger partial charge < -0.3 is 5.32 Å². The summed E-state index contributed by atoms with van der Waals surface area (Å²) in [5, 5.41) is 13.4. The number of nitro groups is 1. The van der Waals surface area contributed by atoms with Crippen LogP contribution in [0.4, 0.5) is 11.4 Å².